The monoisotopic (exact) mass is 292 g/mol. The third-order valence-electron chi connectivity index (χ3n) is 5.54. The first-order valence-electron chi connectivity index (χ1n) is 9.01. The Balaban J connectivity index is 1.87. The molecule has 2 aliphatic carbocycles. The maximum Gasteiger partial charge on any atom is 0.333 e. The van der Waals surface area contributed by atoms with Crippen molar-refractivity contribution < 1.29 is 9.53 Å². The normalized spacial score (nSPS) is 21.4. The predicted octanol–water partition coefficient (Wildman–Crippen LogP) is 5.27. The molecule has 2 aliphatic rings. The second kappa shape index (κ2) is 8.60. The van der Waals surface area contributed by atoms with Gasteiger partial charge in [0.05, 0.1) is 6.61 Å². The Labute approximate surface area is 130 Å². The summed E-state index contributed by atoms with van der Waals surface area (Å²) in [7, 11) is 0. The van der Waals surface area contributed by atoms with Gasteiger partial charge in [0.15, 0.2) is 0 Å². The van der Waals surface area contributed by atoms with E-state index in [1.54, 1.807) is 6.92 Å². The molecule has 0 aromatic carbocycles. The fourth-order valence-electron chi connectivity index (χ4n) is 4.39. The van der Waals surface area contributed by atoms with E-state index in [0.29, 0.717) is 12.2 Å². The molecular formula is C19H32O2. The SMILES string of the molecule is C=C(C)C(=O)OCCC(C1CCCCC1)C1CCCCC1. The van der Waals surface area contributed by atoms with E-state index in [4.69, 9.17) is 4.74 Å². The average molecular weight is 292 g/mol. The standard InChI is InChI=1S/C19H32O2/c1-15(2)19(20)21-14-13-18(16-9-5-3-6-10-16)17-11-7-4-8-12-17/h16-18H,1,3-14H2,2H3. The lowest BCUT2D eigenvalue weighted by Crippen LogP contribution is -2.28. The molecule has 0 unspecified atom stereocenters. The number of carbonyl (C=O) groups excluding carboxylic acids is 1. The number of hydrogen-bond donors (Lipinski definition) is 0. The number of rotatable bonds is 6. The van der Waals surface area contributed by atoms with Gasteiger partial charge in [0.1, 0.15) is 0 Å². The molecule has 2 heteroatoms. The van der Waals surface area contributed by atoms with Crippen molar-refractivity contribution in [1.82, 2.24) is 0 Å². The molecule has 0 aliphatic heterocycles. The molecule has 0 N–H and O–H groups in total. The molecule has 0 aromatic heterocycles. The maximum absolute atomic E-state index is 11.6. The Bertz CT molecular complexity index is 317. The van der Waals surface area contributed by atoms with E-state index in [2.05, 4.69) is 6.58 Å². The predicted molar refractivity (Wildman–Crippen MR) is 87.0 cm³/mol. The molecule has 0 bridgehead atoms. The van der Waals surface area contributed by atoms with Crippen LogP contribution in [0.2, 0.25) is 0 Å². The summed E-state index contributed by atoms with van der Waals surface area (Å²) in [5.74, 6) is 2.32. The fourth-order valence-corrected chi connectivity index (χ4v) is 4.39. The van der Waals surface area contributed by atoms with E-state index in [-0.39, 0.29) is 5.97 Å². The van der Waals surface area contributed by atoms with Crippen molar-refractivity contribution in [1.29, 1.82) is 0 Å². The first-order valence-corrected chi connectivity index (χ1v) is 9.01. The van der Waals surface area contributed by atoms with Crippen molar-refractivity contribution in [3.8, 4) is 0 Å². The van der Waals surface area contributed by atoms with Gasteiger partial charge in [-0.15, -0.1) is 0 Å². The molecule has 120 valence electrons. The van der Waals surface area contributed by atoms with Crippen LogP contribution in [0.5, 0.6) is 0 Å². The summed E-state index contributed by atoms with van der Waals surface area (Å²) < 4.78 is 5.38. The summed E-state index contributed by atoms with van der Waals surface area (Å²) in [5, 5.41) is 0. The van der Waals surface area contributed by atoms with Crippen LogP contribution in [-0.4, -0.2) is 12.6 Å². The molecule has 0 spiro atoms. The third-order valence-corrected chi connectivity index (χ3v) is 5.54. The van der Waals surface area contributed by atoms with Crippen LogP contribution in [0.1, 0.15) is 77.6 Å². The van der Waals surface area contributed by atoms with Gasteiger partial charge < -0.3 is 4.74 Å². The molecule has 0 amide bonds. The zero-order chi connectivity index (χ0) is 15.1. The van der Waals surface area contributed by atoms with Gasteiger partial charge in [-0.3, -0.25) is 0 Å². The Morgan fingerprint density at radius 2 is 1.48 bits per heavy atom. The highest BCUT2D eigenvalue weighted by atomic mass is 16.5. The molecule has 0 aromatic rings. The Morgan fingerprint density at radius 1 is 1.00 bits per heavy atom. The van der Waals surface area contributed by atoms with E-state index >= 15 is 0 Å². The second-order valence-electron chi connectivity index (χ2n) is 7.16. The van der Waals surface area contributed by atoms with Crippen LogP contribution in [0.15, 0.2) is 12.2 Å². The quantitative estimate of drug-likeness (QED) is 0.492. The van der Waals surface area contributed by atoms with E-state index in [0.717, 1.165) is 24.2 Å². The van der Waals surface area contributed by atoms with Gasteiger partial charge in [0, 0.05) is 5.57 Å². The van der Waals surface area contributed by atoms with E-state index < -0.39 is 0 Å². The highest BCUT2D eigenvalue weighted by Gasteiger charge is 2.31. The van der Waals surface area contributed by atoms with Crippen LogP contribution in [0.3, 0.4) is 0 Å². The lowest BCUT2D eigenvalue weighted by molar-refractivity contribution is -0.139. The number of ether oxygens (including phenoxy) is 1. The first-order chi connectivity index (χ1) is 10.2. The molecule has 0 saturated heterocycles. The van der Waals surface area contributed by atoms with Crippen LogP contribution < -0.4 is 0 Å². The fraction of sp³-hybridized carbons (Fsp3) is 0.842. The van der Waals surface area contributed by atoms with Gasteiger partial charge in [-0.05, 0) is 31.1 Å². The smallest absolute Gasteiger partial charge is 0.333 e. The molecule has 0 radical (unpaired) electrons. The molecule has 2 nitrogen and oxygen atoms in total. The Hall–Kier alpha value is -0.790. The summed E-state index contributed by atoms with van der Waals surface area (Å²) in [6, 6.07) is 0. The number of carbonyl (C=O) groups is 1. The lowest BCUT2D eigenvalue weighted by Gasteiger charge is -2.38. The van der Waals surface area contributed by atoms with Crippen LogP contribution in [0.25, 0.3) is 0 Å². The summed E-state index contributed by atoms with van der Waals surface area (Å²) >= 11 is 0. The minimum absolute atomic E-state index is 0.221. The molecule has 0 heterocycles. The van der Waals surface area contributed by atoms with E-state index in [1.807, 2.05) is 0 Å². The Morgan fingerprint density at radius 3 is 1.90 bits per heavy atom. The summed E-state index contributed by atoms with van der Waals surface area (Å²) in [6.45, 7) is 5.97. The van der Waals surface area contributed by atoms with Crippen molar-refractivity contribution in [3.63, 3.8) is 0 Å². The van der Waals surface area contributed by atoms with Crippen molar-refractivity contribution in [2.45, 2.75) is 77.6 Å². The van der Waals surface area contributed by atoms with Gasteiger partial charge in [-0.25, -0.2) is 4.79 Å². The van der Waals surface area contributed by atoms with Crippen LogP contribution in [0.4, 0.5) is 0 Å². The van der Waals surface area contributed by atoms with Crippen molar-refractivity contribution >= 4 is 5.97 Å². The lowest BCUT2D eigenvalue weighted by atomic mass is 9.68. The van der Waals surface area contributed by atoms with Gasteiger partial charge in [-0.2, -0.15) is 0 Å². The molecular weight excluding hydrogens is 260 g/mol. The maximum atomic E-state index is 11.6. The highest BCUT2D eigenvalue weighted by Crippen LogP contribution is 2.41. The summed E-state index contributed by atoms with van der Waals surface area (Å²) in [6.07, 6.45) is 15.1. The number of esters is 1. The second-order valence-corrected chi connectivity index (χ2v) is 7.16. The van der Waals surface area contributed by atoms with Crippen molar-refractivity contribution in [3.05, 3.63) is 12.2 Å². The first kappa shape index (κ1) is 16.6. The van der Waals surface area contributed by atoms with Gasteiger partial charge in [-0.1, -0.05) is 70.8 Å². The van der Waals surface area contributed by atoms with E-state index in [1.165, 1.54) is 64.2 Å². The van der Waals surface area contributed by atoms with Gasteiger partial charge in [0.2, 0.25) is 0 Å². The van der Waals surface area contributed by atoms with Crippen LogP contribution >= 0.6 is 0 Å². The minimum Gasteiger partial charge on any atom is -0.462 e. The molecule has 21 heavy (non-hydrogen) atoms. The van der Waals surface area contributed by atoms with Crippen LogP contribution in [-0.2, 0) is 9.53 Å². The zero-order valence-corrected chi connectivity index (χ0v) is 13.7. The molecule has 0 atom stereocenters. The topological polar surface area (TPSA) is 26.3 Å². The Kier molecular flexibility index (Phi) is 6.79. The molecule has 2 saturated carbocycles. The summed E-state index contributed by atoms with van der Waals surface area (Å²) in [4.78, 5) is 11.6. The minimum atomic E-state index is -0.221. The van der Waals surface area contributed by atoms with Crippen molar-refractivity contribution in [2.75, 3.05) is 6.61 Å². The number of hydrogen-bond acceptors (Lipinski definition) is 2. The molecule has 2 rings (SSSR count). The summed E-state index contributed by atoms with van der Waals surface area (Å²) in [5.41, 5.74) is 0.516. The van der Waals surface area contributed by atoms with Crippen LogP contribution in [0, 0.1) is 17.8 Å². The highest BCUT2D eigenvalue weighted by molar-refractivity contribution is 5.86. The average Bonchev–Trinajstić information content (AvgIpc) is 2.53. The van der Waals surface area contributed by atoms with Gasteiger partial charge >= 0.3 is 5.97 Å². The third kappa shape index (κ3) is 5.16. The zero-order valence-electron chi connectivity index (χ0n) is 13.7. The van der Waals surface area contributed by atoms with E-state index in [9.17, 15) is 4.79 Å². The largest absolute Gasteiger partial charge is 0.462 e. The van der Waals surface area contributed by atoms with Gasteiger partial charge in [0.25, 0.3) is 0 Å². The van der Waals surface area contributed by atoms with Crippen molar-refractivity contribution in [2.24, 2.45) is 17.8 Å². The molecule has 2 fully saturated rings.